The van der Waals surface area contributed by atoms with Gasteiger partial charge >= 0.3 is 0 Å². The van der Waals surface area contributed by atoms with Crippen LogP contribution < -0.4 is 0 Å². The molecule has 1 aliphatic rings. The Kier molecular flexibility index (Phi) is 2.83. The summed E-state index contributed by atoms with van der Waals surface area (Å²) < 4.78 is 14.7. The van der Waals surface area contributed by atoms with Gasteiger partial charge in [-0.25, -0.2) is 14.1 Å². The Balaban J connectivity index is 1.99. The minimum Gasteiger partial charge on any atom is -0.396 e. The lowest BCUT2D eigenvalue weighted by Crippen LogP contribution is -2.19. The lowest BCUT2D eigenvalue weighted by Gasteiger charge is -2.19. The third kappa shape index (κ3) is 1.90. The number of hydrogen-bond donors (Lipinski definition) is 1. The van der Waals surface area contributed by atoms with Gasteiger partial charge in [-0.2, -0.15) is 5.10 Å². The van der Waals surface area contributed by atoms with E-state index in [2.05, 4.69) is 10.1 Å². The van der Waals surface area contributed by atoms with Gasteiger partial charge in [-0.05, 0) is 37.1 Å². The minimum atomic E-state index is -0.268. The summed E-state index contributed by atoms with van der Waals surface area (Å²) in [6.07, 6.45) is 1.95. The molecule has 2 heterocycles. The van der Waals surface area contributed by atoms with Gasteiger partial charge in [-0.3, -0.25) is 0 Å². The van der Waals surface area contributed by atoms with Crippen LogP contribution in [0.25, 0.3) is 11.4 Å². The predicted molar refractivity (Wildman–Crippen MR) is 64.5 cm³/mol. The molecule has 1 atom stereocenters. The molecule has 0 saturated carbocycles. The molecule has 1 aliphatic heterocycles. The number of aromatic nitrogens is 3. The Labute approximate surface area is 104 Å². The molecule has 0 amide bonds. The summed E-state index contributed by atoms with van der Waals surface area (Å²) in [5, 5.41) is 13.7. The number of rotatable bonds is 2. The zero-order valence-electron chi connectivity index (χ0n) is 9.88. The summed E-state index contributed by atoms with van der Waals surface area (Å²) >= 11 is 0. The Bertz CT molecular complexity index is 550. The number of nitrogens with zero attached hydrogens (tertiary/aromatic N) is 3. The minimum absolute atomic E-state index is 0.0699. The van der Waals surface area contributed by atoms with E-state index in [0.717, 1.165) is 30.8 Å². The molecule has 2 aromatic rings. The highest BCUT2D eigenvalue weighted by Gasteiger charge is 2.23. The van der Waals surface area contributed by atoms with Gasteiger partial charge in [-0.15, -0.1) is 0 Å². The fourth-order valence-electron chi connectivity index (χ4n) is 2.33. The van der Waals surface area contributed by atoms with Crippen LogP contribution in [0.15, 0.2) is 24.3 Å². The Morgan fingerprint density at radius 2 is 2.11 bits per heavy atom. The SMILES string of the molecule is OCC1CCCn2nc(-c3ccc(F)cc3)nc21. The van der Waals surface area contributed by atoms with Crippen LogP contribution in [0.2, 0.25) is 0 Å². The molecular weight excluding hydrogens is 233 g/mol. The van der Waals surface area contributed by atoms with Gasteiger partial charge in [0, 0.05) is 18.0 Å². The zero-order valence-corrected chi connectivity index (χ0v) is 9.88. The van der Waals surface area contributed by atoms with Crippen LogP contribution in [0.3, 0.4) is 0 Å². The van der Waals surface area contributed by atoms with Crippen molar-refractivity contribution in [3.8, 4) is 11.4 Å². The molecular formula is C13H14FN3O. The highest BCUT2D eigenvalue weighted by Crippen LogP contribution is 2.27. The number of aliphatic hydroxyl groups excluding tert-OH is 1. The standard InChI is InChI=1S/C13H14FN3O/c14-11-5-3-9(4-6-11)12-15-13-10(8-18)2-1-7-17(13)16-12/h3-6,10,18H,1-2,7-8H2. The predicted octanol–water partition coefficient (Wildman–Crippen LogP) is 1.95. The number of fused-ring (bicyclic) bond motifs is 1. The van der Waals surface area contributed by atoms with Gasteiger partial charge in [0.25, 0.3) is 0 Å². The first-order chi connectivity index (χ1) is 8.78. The molecule has 0 aliphatic carbocycles. The van der Waals surface area contributed by atoms with E-state index in [-0.39, 0.29) is 18.3 Å². The maximum absolute atomic E-state index is 12.9. The molecule has 0 radical (unpaired) electrons. The van der Waals surface area contributed by atoms with Crippen molar-refractivity contribution in [1.29, 1.82) is 0 Å². The van der Waals surface area contributed by atoms with E-state index in [1.807, 2.05) is 4.68 Å². The van der Waals surface area contributed by atoms with Crippen molar-refractivity contribution in [2.75, 3.05) is 6.61 Å². The summed E-state index contributed by atoms with van der Waals surface area (Å²) in [5.41, 5.74) is 0.801. The van der Waals surface area contributed by atoms with Crippen LogP contribution in [-0.2, 0) is 6.54 Å². The van der Waals surface area contributed by atoms with Crippen molar-refractivity contribution in [1.82, 2.24) is 14.8 Å². The van der Waals surface area contributed by atoms with Crippen LogP contribution in [0.1, 0.15) is 24.6 Å². The maximum Gasteiger partial charge on any atom is 0.181 e. The summed E-state index contributed by atoms with van der Waals surface area (Å²) in [6.45, 7) is 0.932. The van der Waals surface area contributed by atoms with Crippen molar-refractivity contribution in [3.63, 3.8) is 0 Å². The van der Waals surface area contributed by atoms with Crippen molar-refractivity contribution < 1.29 is 9.50 Å². The number of aliphatic hydroxyl groups is 1. The Morgan fingerprint density at radius 1 is 1.33 bits per heavy atom. The van der Waals surface area contributed by atoms with Crippen LogP contribution in [0.4, 0.5) is 4.39 Å². The molecule has 4 nitrogen and oxygen atoms in total. The van der Waals surface area contributed by atoms with E-state index in [0.29, 0.717) is 5.82 Å². The first-order valence-electron chi connectivity index (χ1n) is 6.09. The first kappa shape index (κ1) is 11.3. The molecule has 0 saturated heterocycles. The van der Waals surface area contributed by atoms with Gasteiger partial charge in [-0.1, -0.05) is 0 Å². The third-order valence-electron chi connectivity index (χ3n) is 3.31. The lowest BCUT2D eigenvalue weighted by molar-refractivity contribution is 0.234. The second kappa shape index (κ2) is 4.49. The summed E-state index contributed by atoms with van der Waals surface area (Å²) in [4.78, 5) is 4.47. The van der Waals surface area contributed by atoms with E-state index < -0.39 is 0 Å². The molecule has 1 N–H and O–H groups in total. The van der Waals surface area contributed by atoms with E-state index >= 15 is 0 Å². The molecule has 5 heteroatoms. The average molecular weight is 247 g/mol. The Hall–Kier alpha value is -1.75. The molecule has 94 valence electrons. The van der Waals surface area contributed by atoms with E-state index in [1.54, 1.807) is 12.1 Å². The number of benzene rings is 1. The second-order valence-electron chi connectivity index (χ2n) is 4.55. The lowest BCUT2D eigenvalue weighted by atomic mass is 10.0. The van der Waals surface area contributed by atoms with Crippen molar-refractivity contribution in [2.24, 2.45) is 0 Å². The molecule has 1 unspecified atom stereocenters. The zero-order chi connectivity index (χ0) is 12.5. The normalized spacial score (nSPS) is 18.7. The van der Waals surface area contributed by atoms with Gasteiger partial charge in [0.2, 0.25) is 0 Å². The van der Waals surface area contributed by atoms with E-state index in [9.17, 15) is 9.50 Å². The van der Waals surface area contributed by atoms with E-state index in [4.69, 9.17) is 0 Å². The second-order valence-corrected chi connectivity index (χ2v) is 4.55. The number of hydrogen-bond acceptors (Lipinski definition) is 3. The molecule has 0 spiro atoms. The van der Waals surface area contributed by atoms with Crippen molar-refractivity contribution >= 4 is 0 Å². The van der Waals surface area contributed by atoms with Crippen LogP contribution in [0.5, 0.6) is 0 Å². The molecule has 0 bridgehead atoms. The highest BCUT2D eigenvalue weighted by atomic mass is 19.1. The molecule has 18 heavy (non-hydrogen) atoms. The molecule has 3 rings (SSSR count). The van der Waals surface area contributed by atoms with Gasteiger partial charge in [0.05, 0.1) is 6.61 Å². The topological polar surface area (TPSA) is 50.9 Å². The smallest absolute Gasteiger partial charge is 0.181 e. The van der Waals surface area contributed by atoms with Crippen LogP contribution in [-0.4, -0.2) is 26.5 Å². The van der Waals surface area contributed by atoms with Crippen LogP contribution >= 0.6 is 0 Å². The largest absolute Gasteiger partial charge is 0.396 e. The summed E-state index contributed by atoms with van der Waals surface area (Å²) in [6, 6.07) is 6.15. The fourth-order valence-corrected chi connectivity index (χ4v) is 2.33. The van der Waals surface area contributed by atoms with E-state index in [1.165, 1.54) is 12.1 Å². The monoisotopic (exact) mass is 247 g/mol. The molecule has 0 fully saturated rings. The number of halogens is 1. The quantitative estimate of drug-likeness (QED) is 0.882. The first-order valence-corrected chi connectivity index (χ1v) is 6.09. The summed E-state index contributed by atoms with van der Waals surface area (Å²) in [5.74, 6) is 1.24. The van der Waals surface area contributed by atoms with Crippen molar-refractivity contribution in [2.45, 2.75) is 25.3 Å². The maximum atomic E-state index is 12.9. The van der Waals surface area contributed by atoms with Crippen LogP contribution in [0, 0.1) is 5.82 Å². The average Bonchev–Trinajstić information content (AvgIpc) is 2.83. The highest BCUT2D eigenvalue weighted by molar-refractivity contribution is 5.54. The fraction of sp³-hybridized carbons (Fsp3) is 0.385. The Morgan fingerprint density at radius 3 is 2.83 bits per heavy atom. The summed E-state index contributed by atoms with van der Waals surface area (Å²) in [7, 11) is 0. The van der Waals surface area contributed by atoms with Gasteiger partial charge in [0.15, 0.2) is 5.82 Å². The molecule has 1 aromatic heterocycles. The molecule has 1 aromatic carbocycles. The number of aryl methyl sites for hydroxylation is 1. The van der Waals surface area contributed by atoms with Gasteiger partial charge < -0.3 is 5.11 Å². The third-order valence-corrected chi connectivity index (χ3v) is 3.31. The van der Waals surface area contributed by atoms with Gasteiger partial charge in [0.1, 0.15) is 11.6 Å². The van der Waals surface area contributed by atoms with Crippen molar-refractivity contribution in [3.05, 3.63) is 35.9 Å².